The molecular formula is C19H17N3O3S. The highest BCUT2D eigenvalue weighted by Crippen LogP contribution is 2.40. The zero-order valence-corrected chi connectivity index (χ0v) is 15.0. The van der Waals surface area contributed by atoms with Gasteiger partial charge in [0, 0.05) is 17.3 Å². The fourth-order valence-electron chi connectivity index (χ4n) is 3.19. The molecule has 3 heterocycles. The van der Waals surface area contributed by atoms with Crippen LogP contribution in [-0.2, 0) is 12.8 Å². The quantitative estimate of drug-likeness (QED) is 0.710. The number of furan rings is 1. The Morgan fingerprint density at radius 1 is 1.35 bits per heavy atom. The minimum absolute atomic E-state index is 0.198. The number of carbonyl (C=O) groups is 2. The SMILES string of the molecule is C[C@H]1CCc2c(sc(NC(=O)c3cnccn3)c2C(=O)c2ccco2)C1. The zero-order valence-electron chi connectivity index (χ0n) is 14.2. The van der Waals surface area contributed by atoms with Gasteiger partial charge in [-0.05, 0) is 42.9 Å². The molecule has 0 saturated carbocycles. The number of nitrogens with zero attached hydrogens (tertiary/aromatic N) is 2. The topological polar surface area (TPSA) is 85.1 Å². The second kappa shape index (κ2) is 6.84. The molecule has 1 N–H and O–H groups in total. The van der Waals surface area contributed by atoms with Crippen molar-refractivity contribution in [2.45, 2.75) is 26.2 Å². The molecule has 1 amide bonds. The third kappa shape index (κ3) is 3.06. The molecule has 1 atom stereocenters. The van der Waals surface area contributed by atoms with E-state index in [1.165, 1.54) is 36.2 Å². The molecule has 4 rings (SSSR count). The zero-order chi connectivity index (χ0) is 18.1. The molecule has 0 saturated heterocycles. The first-order valence-corrected chi connectivity index (χ1v) is 9.25. The number of fused-ring (bicyclic) bond motifs is 1. The number of hydrogen-bond acceptors (Lipinski definition) is 6. The molecular weight excluding hydrogens is 350 g/mol. The van der Waals surface area contributed by atoms with E-state index in [0.717, 1.165) is 29.7 Å². The van der Waals surface area contributed by atoms with Gasteiger partial charge >= 0.3 is 0 Å². The van der Waals surface area contributed by atoms with Gasteiger partial charge in [-0.25, -0.2) is 4.98 Å². The van der Waals surface area contributed by atoms with Crippen LogP contribution < -0.4 is 5.32 Å². The predicted octanol–water partition coefficient (Wildman–Crippen LogP) is 3.74. The summed E-state index contributed by atoms with van der Waals surface area (Å²) in [6.07, 6.45) is 8.62. The van der Waals surface area contributed by atoms with Crippen molar-refractivity contribution in [1.29, 1.82) is 0 Å². The standard InChI is InChI=1S/C19H17N3O3S/c1-11-4-5-12-15(9-11)26-19(16(12)17(23)14-3-2-8-25-14)22-18(24)13-10-20-6-7-21-13/h2-3,6-8,10-11H,4-5,9H2,1H3,(H,22,24)/t11-/m0/s1. The molecule has 0 unspecified atom stereocenters. The van der Waals surface area contributed by atoms with Crippen LogP contribution in [0.1, 0.15) is 50.4 Å². The molecule has 6 nitrogen and oxygen atoms in total. The van der Waals surface area contributed by atoms with E-state index in [0.29, 0.717) is 16.5 Å². The first-order chi connectivity index (χ1) is 12.6. The maximum atomic E-state index is 13.0. The van der Waals surface area contributed by atoms with Crippen LogP contribution in [0.25, 0.3) is 0 Å². The fraction of sp³-hybridized carbons (Fsp3) is 0.263. The first-order valence-electron chi connectivity index (χ1n) is 8.43. The molecule has 7 heteroatoms. The van der Waals surface area contributed by atoms with Crippen molar-refractivity contribution in [3.8, 4) is 0 Å². The van der Waals surface area contributed by atoms with Crippen molar-refractivity contribution in [3.05, 3.63) is 64.4 Å². The number of ketones is 1. The van der Waals surface area contributed by atoms with E-state index in [9.17, 15) is 9.59 Å². The van der Waals surface area contributed by atoms with Gasteiger partial charge in [0.15, 0.2) is 5.76 Å². The van der Waals surface area contributed by atoms with Crippen LogP contribution >= 0.6 is 11.3 Å². The Morgan fingerprint density at radius 2 is 2.23 bits per heavy atom. The monoisotopic (exact) mass is 367 g/mol. The van der Waals surface area contributed by atoms with Gasteiger partial charge in [-0.3, -0.25) is 14.6 Å². The third-order valence-corrected chi connectivity index (χ3v) is 5.68. The van der Waals surface area contributed by atoms with Crippen molar-refractivity contribution in [1.82, 2.24) is 9.97 Å². The molecule has 3 aromatic heterocycles. The normalized spacial score (nSPS) is 16.1. The van der Waals surface area contributed by atoms with Crippen molar-refractivity contribution in [2.24, 2.45) is 5.92 Å². The van der Waals surface area contributed by atoms with Crippen molar-refractivity contribution >= 4 is 28.0 Å². The Balaban J connectivity index is 1.74. The molecule has 0 radical (unpaired) electrons. The van der Waals surface area contributed by atoms with Gasteiger partial charge in [0.2, 0.25) is 5.78 Å². The van der Waals surface area contributed by atoms with Gasteiger partial charge in [0.05, 0.1) is 18.0 Å². The van der Waals surface area contributed by atoms with E-state index >= 15 is 0 Å². The van der Waals surface area contributed by atoms with E-state index in [2.05, 4.69) is 22.2 Å². The Bertz CT molecular complexity index is 948. The summed E-state index contributed by atoms with van der Waals surface area (Å²) in [6, 6.07) is 3.33. The van der Waals surface area contributed by atoms with Gasteiger partial charge in [0.25, 0.3) is 5.91 Å². The smallest absolute Gasteiger partial charge is 0.276 e. The summed E-state index contributed by atoms with van der Waals surface area (Å²) in [5.74, 6) is 0.269. The van der Waals surface area contributed by atoms with Crippen molar-refractivity contribution < 1.29 is 14.0 Å². The molecule has 1 aliphatic rings. The highest BCUT2D eigenvalue weighted by molar-refractivity contribution is 7.17. The molecule has 0 fully saturated rings. The van der Waals surface area contributed by atoms with Crippen LogP contribution in [-0.4, -0.2) is 21.7 Å². The van der Waals surface area contributed by atoms with Crippen LogP contribution in [0.15, 0.2) is 41.4 Å². The lowest BCUT2D eigenvalue weighted by atomic mass is 9.87. The minimum atomic E-state index is -0.377. The van der Waals surface area contributed by atoms with E-state index in [1.807, 2.05) is 0 Å². The van der Waals surface area contributed by atoms with Gasteiger partial charge in [0.1, 0.15) is 10.7 Å². The Kier molecular flexibility index (Phi) is 4.38. The molecule has 0 spiro atoms. The number of amides is 1. The van der Waals surface area contributed by atoms with E-state index in [4.69, 9.17) is 4.42 Å². The number of aromatic nitrogens is 2. The average Bonchev–Trinajstić information content (AvgIpc) is 3.29. The second-order valence-electron chi connectivity index (χ2n) is 6.41. The Hall–Kier alpha value is -2.80. The number of anilines is 1. The highest BCUT2D eigenvalue weighted by atomic mass is 32.1. The van der Waals surface area contributed by atoms with Crippen molar-refractivity contribution in [3.63, 3.8) is 0 Å². The largest absolute Gasteiger partial charge is 0.461 e. The number of carbonyl (C=O) groups excluding carboxylic acids is 2. The summed E-state index contributed by atoms with van der Waals surface area (Å²) in [7, 11) is 0. The molecule has 132 valence electrons. The summed E-state index contributed by atoms with van der Waals surface area (Å²) in [5.41, 5.74) is 1.79. The fourth-order valence-corrected chi connectivity index (χ4v) is 4.60. The van der Waals surface area contributed by atoms with E-state index in [1.54, 1.807) is 12.1 Å². The summed E-state index contributed by atoms with van der Waals surface area (Å²) in [5, 5.41) is 3.41. The van der Waals surface area contributed by atoms with Crippen LogP contribution in [0.3, 0.4) is 0 Å². The Labute approximate surface area is 154 Å². The molecule has 0 aliphatic heterocycles. The summed E-state index contributed by atoms with van der Waals surface area (Å²) in [6.45, 7) is 2.20. The summed E-state index contributed by atoms with van der Waals surface area (Å²) >= 11 is 1.47. The number of nitrogens with one attached hydrogen (secondary N) is 1. The average molecular weight is 367 g/mol. The lowest BCUT2D eigenvalue weighted by molar-refractivity contribution is 0.101. The van der Waals surface area contributed by atoms with Crippen LogP contribution in [0.5, 0.6) is 0 Å². The number of rotatable bonds is 4. The minimum Gasteiger partial charge on any atom is -0.461 e. The molecule has 1 aliphatic carbocycles. The predicted molar refractivity (Wildman–Crippen MR) is 97.6 cm³/mol. The lowest BCUT2D eigenvalue weighted by Gasteiger charge is -2.18. The van der Waals surface area contributed by atoms with Crippen LogP contribution in [0, 0.1) is 5.92 Å². The van der Waals surface area contributed by atoms with Crippen LogP contribution in [0.4, 0.5) is 5.00 Å². The molecule has 0 aromatic carbocycles. The number of hydrogen-bond donors (Lipinski definition) is 1. The molecule has 3 aromatic rings. The maximum absolute atomic E-state index is 13.0. The second-order valence-corrected chi connectivity index (χ2v) is 7.51. The summed E-state index contributed by atoms with van der Waals surface area (Å²) < 4.78 is 5.30. The van der Waals surface area contributed by atoms with Gasteiger partial charge in [-0.2, -0.15) is 0 Å². The number of thiophene rings is 1. The van der Waals surface area contributed by atoms with E-state index in [-0.39, 0.29) is 23.1 Å². The molecule has 26 heavy (non-hydrogen) atoms. The lowest BCUT2D eigenvalue weighted by Crippen LogP contribution is -2.16. The van der Waals surface area contributed by atoms with Gasteiger partial charge in [-0.15, -0.1) is 11.3 Å². The van der Waals surface area contributed by atoms with Gasteiger partial charge in [-0.1, -0.05) is 6.92 Å². The van der Waals surface area contributed by atoms with Crippen molar-refractivity contribution in [2.75, 3.05) is 5.32 Å². The molecule has 0 bridgehead atoms. The van der Waals surface area contributed by atoms with Gasteiger partial charge < -0.3 is 9.73 Å². The summed E-state index contributed by atoms with van der Waals surface area (Å²) in [4.78, 5) is 34.6. The maximum Gasteiger partial charge on any atom is 0.276 e. The first kappa shape index (κ1) is 16.7. The van der Waals surface area contributed by atoms with E-state index < -0.39 is 0 Å². The third-order valence-electron chi connectivity index (χ3n) is 4.51. The highest BCUT2D eigenvalue weighted by Gasteiger charge is 2.30. The van der Waals surface area contributed by atoms with Crippen LogP contribution in [0.2, 0.25) is 0 Å². The Morgan fingerprint density at radius 3 is 2.96 bits per heavy atom.